The number of fused-ring (bicyclic) bond motifs is 1. The molecule has 4 aromatic carbocycles. The second-order valence-corrected chi connectivity index (χ2v) is 12.6. The van der Waals surface area contributed by atoms with Crippen LogP contribution in [-0.4, -0.2) is 36.1 Å². The number of H-pyrrole nitrogens is 1. The number of nitrogens with one attached hydrogen (secondary N) is 2. The number of hydrogen-bond donors (Lipinski definition) is 2. The molecule has 6 heteroatoms. The van der Waals surface area contributed by atoms with E-state index in [0.717, 1.165) is 38.1 Å². The van der Waals surface area contributed by atoms with Gasteiger partial charge >= 0.3 is 0 Å². The predicted octanol–water partition coefficient (Wildman–Crippen LogP) is 4.59. The predicted molar refractivity (Wildman–Crippen MR) is 162 cm³/mol. The van der Waals surface area contributed by atoms with Crippen LogP contribution in [0, 0.1) is 0 Å². The highest BCUT2D eigenvalue weighted by molar-refractivity contribution is 7.95. The minimum Gasteiger partial charge on any atom is -0.497 e. The molecule has 0 spiro atoms. The maximum Gasteiger partial charge on any atom is 0.227 e. The first-order valence-corrected chi connectivity index (χ1v) is 14.8. The van der Waals surface area contributed by atoms with E-state index in [1.165, 1.54) is 0 Å². The van der Waals surface area contributed by atoms with E-state index in [1.54, 1.807) is 7.11 Å². The van der Waals surface area contributed by atoms with Gasteiger partial charge in [0.1, 0.15) is 5.75 Å². The zero-order chi connectivity index (χ0) is 27.1. The van der Waals surface area contributed by atoms with Crippen LogP contribution in [-0.2, 0) is 16.0 Å². The monoisotopic (exact) mass is 534 g/mol. The third kappa shape index (κ3) is 5.74. The Balaban J connectivity index is 1.38. The summed E-state index contributed by atoms with van der Waals surface area (Å²) in [4.78, 5) is 29.7. The van der Waals surface area contributed by atoms with Crippen molar-refractivity contribution >= 4 is 51.2 Å². The molecule has 1 aromatic heterocycles. The van der Waals surface area contributed by atoms with Crippen LogP contribution in [0.2, 0.25) is 0 Å². The SMILES string of the molecule is COc1ccc2[nH]cc(CCNC(=O)CC(=O)C=P(c3ccccc3)(c3ccccc3)c3ccccc3)c2c1. The number of methoxy groups -OCH3 is 1. The Kier molecular flexibility index (Phi) is 8.10. The fourth-order valence-corrected chi connectivity index (χ4v) is 8.76. The van der Waals surface area contributed by atoms with Crippen molar-refractivity contribution in [2.24, 2.45) is 0 Å². The molecule has 5 aromatic rings. The summed E-state index contributed by atoms with van der Waals surface area (Å²) in [6.45, 7) is -2.00. The molecule has 5 rings (SSSR count). The molecular formula is C33H31N2O3P. The van der Waals surface area contributed by atoms with Gasteiger partial charge in [0.2, 0.25) is 5.91 Å². The largest absolute Gasteiger partial charge is 0.497 e. The zero-order valence-corrected chi connectivity index (χ0v) is 22.7. The van der Waals surface area contributed by atoms with E-state index in [2.05, 4.69) is 46.7 Å². The molecule has 0 saturated carbocycles. The van der Waals surface area contributed by atoms with Gasteiger partial charge in [0.15, 0.2) is 5.78 Å². The van der Waals surface area contributed by atoms with Crippen molar-refractivity contribution in [3.8, 4) is 5.75 Å². The van der Waals surface area contributed by atoms with Gasteiger partial charge in [-0.25, -0.2) is 0 Å². The van der Waals surface area contributed by atoms with Gasteiger partial charge in [0.25, 0.3) is 0 Å². The highest BCUT2D eigenvalue weighted by atomic mass is 31.2. The van der Waals surface area contributed by atoms with E-state index in [1.807, 2.05) is 84.8 Å². The van der Waals surface area contributed by atoms with Gasteiger partial charge in [-0.3, -0.25) is 9.59 Å². The van der Waals surface area contributed by atoms with Crippen LogP contribution in [0.5, 0.6) is 5.75 Å². The fourth-order valence-electron chi connectivity index (χ4n) is 4.97. The number of aromatic amines is 1. The molecule has 1 amide bonds. The lowest BCUT2D eigenvalue weighted by molar-refractivity contribution is -0.125. The summed E-state index contributed by atoms with van der Waals surface area (Å²) in [5.41, 5.74) is 2.11. The minimum atomic E-state index is -2.44. The number of amides is 1. The van der Waals surface area contributed by atoms with E-state index >= 15 is 0 Å². The molecule has 0 radical (unpaired) electrons. The molecule has 0 saturated heterocycles. The van der Waals surface area contributed by atoms with Crippen molar-refractivity contribution in [3.63, 3.8) is 0 Å². The van der Waals surface area contributed by atoms with E-state index in [-0.39, 0.29) is 18.1 Å². The van der Waals surface area contributed by atoms with Gasteiger partial charge in [-0.15, -0.1) is 0 Å². The standard InChI is InChI=1S/C33H31N2O3P/c1-38-27-17-18-32-31(22-27)25(23-35-32)19-20-34-33(37)21-26(36)24-39(28-11-5-2-6-12-28,29-13-7-3-8-14-29)30-15-9-4-10-16-30/h2-18,22-24,35H,19-21H2,1H3,(H,34,37). The molecule has 1 heterocycles. The van der Waals surface area contributed by atoms with Crippen molar-refractivity contribution in [2.45, 2.75) is 12.8 Å². The summed E-state index contributed by atoms with van der Waals surface area (Å²) < 4.78 is 5.35. The van der Waals surface area contributed by atoms with Gasteiger partial charge < -0.3 is 15.0 Å². The van der Waals surface area contributed by atoms with Crippen molar-refractivity contribution in [1.29, 1.82) is 0 Å². The lowest BCUT2D eigenvalue weighted by atomic mass is 10.1. The molecule has 0 bridgehead atoms. The number of benzene rings is 4. The number of rotatable bonds is 10. The van der Waals surface area contributed by atoms with Gasteiger partial charge in [0.05, 0.1) is 13.5 Å². The Labute approximate surface area is 228 Å². The molecule has 5 nitrogen and oxygen atoms in total. The summed E-state index contributed by atoms with van der Waals surface area (Å²) in [6, 6.07) is 36.3. The van der Waals surface area contributed by atoms with Crippen LogP contribution < -0.4 is 26.0 Å². The average Bonchev–Trinajstić information content (AvgIpc) is 3.39. The zero-order valence-electron chi connectivity index (χ0n) is 21.8. The Morgan fingerprint density at radius 1 is 0.821 bits per heavy atom. The Bertz CT molecular complexity index is 1520. The van der Waals surface area contributed by atoms with Crippen LogP contribution in [0.3, 0.4) is 0 Å². The highest BCUT2D eigenvalue weighted by Gasteiger charge is 2.26. The van der Waals surface area contributed by atoms with Crippen molar-refractivity contribution in [3.05, 3.63) is 121 Å². The lowest BCUT2D eigenvalue weighted by Gasteiger charge is -2.28. The summed E-state index contributed by atoms with van der Waals surface area (Å²) in [7, 11) is 1.64. The minimum absolute atomic E-state index is 0.186. The molecule has 0 aliphatic heterocycles. The first-order chi connectivity index (χ1) is 19.1. The van der Waals surface area contributed by atoms with Crippen LogP contribution in [0.25, 0.3) is 10.9 Å². The Morgan fingerprint density at radius 2 is 1.38 bits per heavy atom. The molecule has 2 N–H and O–H groups in total. The smallest absolute Gasteiger partial charge is 0.227 e. The third-order valence-corrected chi connectivity index (χ3v) is 10.9. The van der Waals surface area contributed by atoms with Crippen LogP contribution in [0.4, 0.5) is 0 Å². The van der Waals surface area contributed by atoms with Crippen LogP contribution in [0.15, 0.2) is 115 Å². The van der Waals surface area contributed by atoms with Gasteiger partial charge in [-0.2, -0.15) is 0 Å². The van der Waals surface area contributed by atoms with Gasteiger partial charge in [-0.05, 0) is 58.8 Å². The molecular weight excluding hydrogens is 503 g/mol. The number of aromatic nitrogens is 1. The quantitative estimate of drug-likeness (QED) is 0.203. The summed E-state index contributed by atoms with van der Waals surface area (Å²) in [5, 5.41) is 7.23. The molecule has 196 valence electrons. The Morgan fingerprint density at radius 3 is 1.92 bits per heavy atom. The van der Waals surface area contributed by atoms with E-state index < -0.39 is 6.89 Å². The molecule has 0 aliphatic rings. The van der Waals surface area contributed by atoms with E-state index in [4.69, 9.17) is 4.74 Å². The number of hydrogen-bond acceptors (Lipinski definition) is 3. The molecule has 0 aliphatic carbocycles. The van der Waals surface area contributed by atoms with Crippen LogP contribution >= 0.6 is 6.89 Å². The molecule has 39 heavy (non-hydrogen) atoms. The fraction of sp³-hybridized carbons (Fsp3) is 0.121. The maximum absolute atomic E-state index is 13.5. The molecule has 0 fully saturated rings. The highest BCUT2D eigenvalue weighted by Crippen LogP contribution is 2.43. The topological polar surface area (TPSA) is 71.2 Å². The molecule has 0 atom stereocenters. The summed E-state index contributed by atoms with van der Waals surface area (Å²) in [5.74, 6) is 2.14. The normalized spacial score (nSPS) is 11.2. The first kappa shape index (κ1) is 26.3. The van der Waals surface area contributed by atoms with Gasteiger partial charge in [0, 0.05) is 23.6 Å². The second kappa shape index (κ2) is 12.0. The number of carbonyl (C=O) groups excluding carboxylic acids is 2. The number of Topliss-reactive ketones (excluding diaryl/α,β-unsaturated/α-hetero) is 1. The maximum atomic E-state index is 13.5. The summed E-state index contributed by atoms with van der Waals surface area (Å²) >= 11 is 0. The van der Waals surface area contributed by atoms with E-state index in [0.29, 0.717) is 13.0 Å². The second-order valence-electron chi connectivity index (χ2n) is 9.33. The van der Waals surface area contributed by atoms with Crippen molar-refractivity contribution in [2.75, 3.05) is 13.7 Å². The van der Waals surface area contributed by atoms with Crippen molar-refractivity contribution in [1.82, 2.24) is 10.3 Å². The average molecular weight is 535 g/mol. The number of ether oxygens (including phenoxy) is 1. The lowest BCUT2D eigenvalue weighted by Crippen LogP contribution is -2.31. The number of carbonyl (C=O) groups is 2. The number of ketones is 1. The van der Waals surface area contributed by atoms with Gasteiger partial charge in [-0.1, -0.05) is 91.0 Å². The van der Waals surface area contributed by atoms with Crippen molar-refractivity contribution < 1.29 is 14.3 Å². The van der Waals surface area contributed by atoms with E-state index in [9.17, 15) is 9.59 Å². The molecule has 0 unspecified atom stereocenters. The van der Waals surface area contributed by atoms with Crippen LogP contribution in [0.1, 0.15) is 12.0 Å². The Hall–Kier alpha value is -4.34. The third-order valence-electron chi connectivity index (χ3n) is 6.85. The summed E-state index contributed by atoms with van der Waals surface area (Å²) in [6.07, 6.45) is 2.40. The first-order valence-electron chi connectivity index (χ1n) is 12.9.